The number of ether oxygens (including phenoxy) is 3. The third kappa shape index (κ3) is 4.66. The largest absolute Gasteiger partial charge is 0.494 e. The predicted molar refractivity (Wildman–Crippen MR) is 101 cm³/mol. The van der Waals surface area contributed by atoms with E-state index in [-0.39, 0.29) is 24.2 Å². The molecule has 144 valence electrons. The second-order valence-corrected chi connectivity index (χ2v) is 6.60. The van der Waals surface area contributed by atoms with Crippen LogP contribution >= 0.6 is 0 Å². The SMILES string of the molecule is CC=Cc1ccc(C2CCC(COc3ccc(OC)c(F)c3F)OC2)cc1. The Hall–Kier alpha value is -2.40. The molecule has 0 saturated carbocycles. The first kappa shape index (κ1) is 19.4. The molecule has 1 saturated heterocycles. The minimum Gasteiger partial charge on any atom is -0.494 e. The highest BCUT2D eigenvalue weighted by atomic mass is 19.2. The van der Waals surface area contributed by atoms with Crippen LogP contribution in [0.2, 0.25) is 0 Å². The van der Waals surface area contributed by atoms with Gasteiger partial charge in [0.1, 0.15) is 6.61 Å². The Kier molecular flexibility index (Phi) is 6.45. The van der Waals surface area contributed by atoms with Crippen LogP contribution < -0.4 is 9.47 Å². The predicted octanol–water partition coefficient (Wildman–Crippen LogP) is 5.35. The molecule has 1 aliphatic heterocycles. The lowest BCUT2D eigenvalue weighted by Gasteiger charge is -2.29. The van der Waals surface area contributed by atoms with Gasteiger partial charge in [-0.15, -0.1) is 0 Å². The van der Waals surface area contributed by atoms with Gasteiger partial charge in [0.2, 0.25) is 11.6 Å². The third-order valence-electron chi connectivity index (χ3n) is 4.79. The van der Waals surface area contributed by atoms with E-state index in [0.717, 1.165) is 12.8 Å². The molecule has 1 heterocycles. The van der Waals surface area contributed by atoms with Gasteiger partial charge in [0, 0.05) is 5.92 Å². The molecule has 0 amide bonds. The average Bonchev–Trinajstić information content (AvgIpc) is 2.70. The molecule has 2 aromatic carbocycles. The zero-order valence-electron chi connectivity index (χ0n) is 15.6. The van der Waals surface area contributed by atoms with Crippen molar-refractivity contribution >= 4 is 6.08 Å². The van der Waals surface area contributed by atoms with Crippen molar-refractivity contribution in [2.75, 3.05) is 20.3 Å². The summed E-state index contributed by atoms with van der Waals surface area (Å²) in [6.45, 7) is 2.78. The van der Waals surface area contributed by atoms with Gasteiger partial charge in [0.05, 0.1) is 19.8 Å². The zero-order valence-corrected chi connectivity index (χ0v) is 15.6. The van der Waals surface area contributed by atoms with E-state index >= 15 is 0 Å². The van der Waals surface area contributed by atoms with Gasteiger partial charge in [0.25, 0.3) is 0 Å². The molecule has 3 nitrogen and oxygen atoms in total. The molecule has 5 heteroatoms. The van der Waals surface area contributed by atoms with Crippen molar-refractivity contribution in [3.05, 3.63) is 65.2 Å². The van der Waals surface area contributed by atoms with Gasteiger partial charge in [-0.1, -0.05) is 36.4 Å². The van der Waals surface area contributed by atoms with E-state index in [4.69, 9.17) is 14.2 Å². The van der Waals surface area contributed by atoms with Crippen molar-refractivity contribution in [2.24, 2.45) is 0 Å². The van der Waals surface area contributed by atoms with Crippen molar-refractivity contribution in [2.45, 2.75) is 31.8 Å². The summed E-state index contributed by atoms with van der Waals surface area (Å²) in [4.78, 5) is 0. The zero-order chi connectivity index (χ0) is 19.2. The summed E-state index contributed by atoms with van der Waals surface area (Å²) in [6.07, 6.45) is 5.72. The molecule has 0 N–H and O–H groups in total. The number of benzene rings is 2. The van der Waals surface area contributed by atoms with Crippen molar-refractivity contribution in [3.63, 3.8) is 0 Å². The van der Waals surface area contributed by atoms with Crippen molar-refractivity contribution < 1.29 is 23.0 Å². The molecule has 3 rings (SSSR count). The first-order chi connectivity index (χ1) is 13.1. The third-order valence-corrected chi connectivity index (χ3v) is 4.79. The quantitative estimate of drug-likeness (QED) is 0.682. The average molecular weight is 374 g/mol. The number of hydrogen-bond donors (Lipinski definition) is 0. The molecule has 0 spiro atoms. The Labute approximate surface area is 158 Å². The van der Waals surface area contributed by atoms with Gasteiger partial charge in [-0.05, 0) is 43.0 Å². The minimum absolute atomic E-state index is 0.126. The normalized spacial score (nSPS) is 20.0. The second kappa shape index (κ2) is 9.00. The number of methoxy groups -OCH3 is 1. The highest BCUT2D eigenvalue weighted by Gasteiger charge is 2.24. The van der Waals surface area contributed by atoms with E-state index in [1.807, 2.05) is 13.0 Å². The van der Waals surface area contributed by atoms with E-state index in [9.17, 15) is 8.78 Å². The number of allylic oxidation sites excluding steroid dienone is 1. The maximum absolute atomic E-state index is 13.9. The maximum atomic E-state index is 13.9. The van der Waals surface area contributed by atoms with Crippen molar-refractivity contribution in [1.82, 2.24) is 0 Å². The van der Waals surface area contributed by atoms with Crippen LogP contribution in [0.3, 0.4) is 0 Å². The van der Waals surface area contributed by atoms with Crippen LogP contribution in [0.4, 0.5) is 8.78 Å². The molecule has 2 unspecified atom stereocenters. The Balaban J connectivity index is 1.52. The summed E-state index contributed by atoms with van der Waals surface area (Å²) in [7, 11) is 1.29. The van der Waals surface area contributed by atoms with Crippen LogP contribution in [0.5, 0.6) is 11.5 Å². The number of rotatable bonds is 6. The smallest absolute Gasteiger partial charge is 0.204 e. The van der Waals surface area contributed by atoms with E-state index in [0.29, 0.717) is 12.5 Å². The molecule has 2 atom stereocenters. The Morgan fingerprint density at radius 1 is 1.04 bits per heavy atom. The molecule has 1 aliphatic rings. The highest BCUT2D eigenvalue weighted by molar-refractivity contribution is 5.49. The van der Waals surface area contributed by atoms with Gasteiger partial charge in [0.15, 0.2) is 11.5 Å². The lowest BCUT2D eigenvalue weighted by molar-refractivity contribution is -0.0219. The Bertz CT molecular complexity index is 779. The lowest BCUT2D eigenvalue weighted by Crippen LogP contribution is -2.29. The minimum atomic E-state index is -1.04. The van der Waals surface area contributed by atoms with E-state index in [1.165, 1.54) is 30.4 Å². The lowest BCUT2D eigenvalue weighted by atomic mass is 9.91. The molecule has 2 aromatic rings. The van der Waals surface area contributed by atoms with Crippen LogP contribution in [-0.2, 0) is 4.74 Å². The molecular formula is C22H24F2O3. The summed E-state index contributed by atoms with van der Waals surface area (Å²) in [6, 6.07) is 11.2. The van der Waals surface area contributed by atoms with Gasteiger partial charge >= 0.3 is 0 Å². The Morgan fingerprint density at radius 3 is 2.37 bits per heavy atom. The topological polar surface area (TPSA) is 27.7 Å². The monoisotopic (exact) mass is 374 g/mol. The molecule has 1 fully saturated rings. The molecule has 0 bridgehead atoms. The van der Waals surface area contributed by atoms with Crippen LogP contribution in [0, 0.1) is 11.6 Å². The second-order valence-electron chi connectivity index (χ2n) is 6.60. The fourth-order valence-electron chi connectivity index (χ4n) is 3.24. The van der Waals surface area contributed by atoms with Crippen LogP contribution in [0.25, 0.3) is 6.08 Å². The van der Waals surface area contributed by atoms with Gasteiger partial charge < -0.3 is 14.2 Å². The molecule has 0 aliphatic carbocycles. The number of hydrogen-bond acceptors (Lipinski definition) is 3. The summed E-state index contributed by atoms with van der Waals surface area (Å²) < 4.78 is 43.7. The maximum Gasteiger partial charge on any atom is 0.204 e. The van der Waals surface area contributed by atoms with Crippen molar-refractivity contribution in [1.29, 1.82) is 0 Å². The van der Waals surface area contributed by atoms with E-state index in [1.54, 1.807) is 0 Å². The summed E-state index contributed by atoms with van der Waals surface area (Å²) >= 11 is 0. The van der Waals surface area contributed by atoms with Gasteiger partial charge in [-0.25, -0.2) is 0 Å². The van der Waals surface area contributed by atoms with Gasteiger partial charge in [-0.3, -0.25) is 0 Å². The van der Waals surface area contributed by atoms with Gasteiger partial charge in [-0.2, -0.15) is 8.78 Å². The van der Waals surface area contributed by atoms with Crippen molar-refractivity contribution in [3.8, 4) is 11.5 Å². The highest BCUT2D eigenvalue weighted by Crippen LogP contribution is 2.30. The van der Waals surface area contributed by atoms with Crippen LogP contribution in [-0.4, -0.2) is 26.4 Å². The number of halogens is 2. The fourth-order valence-corrected chi connectivity index (χ4v) is 3.24. The molecular weight excluding hydrogens is 350 g/mol. The van der Waals surface area contributed by atoms with Crippen LogP contribution in [0.1, 0.15) is 36.8 Å². The Morgan fingerprint density at radius 2 is 1.74 bits per heavy atom. The van der Waals surface area contributed by atoms with Crippen LogP contribution in [0.15, 0.2) is 42.5 Å². The molecule has 0 aromatic heterocycles. The standard InChI is InChI=1S/C22H24F2O3/c1-3-4-15-5-7-16(8-6-15)17-9-10-18(26-13-17)14-27-20-12-11-19(25-2)21(23)22(20)24/h3-8,11-12,17-18H,9-10,13-14H2,1-2H3. The summed E-state index contributed by atoms with van der Waals surface area (Å²) in [5.74, 6) is -2.00. The van der Waals surface area contributed by atoms with E-state index < -0.39 is 11.6 Å². The first-order valence-corrected chi connectivity index (χ1v) is 9.11. The summed E-state index contributed by atoms with van der Waals surface area (Å²) in [5.41, 5.74) is 2.43. The first-order valence-electron chi connectivity index (χ1n) is 9.11. The fraction of sp³-hybridized carbons (Fsp3) is 0.364. The molecule has 0 radical (unpaired) electrons. The molecule has 27 heavy (non-hydrogen) atoms. The van der Waals surface area contributed by atoms with E-state index in [2.05, 4.69) is 30.3 Å². The summed E-state index contributed by atoms with van der Waals surface area (Å²) in [5, 5.41) is 0.